The predicted molar refractivity (Wildman–Crippen MR) is 75.4 cm³/mol. The molecular weight excluding hydrogens is 244 g/mol. The number of ether oxygens (including phenoxy) is 1. The van der Waals surface area contributed by atoms with Crippen LogP contribution in [0.25, 0.3) is 0 Å². The summed E-state index contributed by atoms with van der Waals surface area (Å²) in [4.78, 5) is 13.6. The Bertz CT molecular complexity index is 286. The van der Waals surface area contributed by atoms with E-state index in [1.54, 1.807) is 14.0 Å². The maximum atomic E-state index is 11.2. The fourth-order valence-electron chi connectivity index (χ4n) is 2.42. The first kappa shape index (κ1) is 16.4. The van der Waals surface area contributed by atoms with Gasteiger partial charge >= 0.3 is 5.97 Å². The third-order valence-electron chi connectivity index (χ3n) is 4.06. The minimum Gasteiger partial charge on any atom is -0.480 e. The standard InChI is InChI=1S/C14H28N2O3/c1-4-12-11-16(9-6-10-19-12)8-5-7-14(2,15-3)13(17)18/h12,15H,4-11H2,1-3H3,(H,17,18). The van der Waals surface area contributed by atoms with Gasteiger partial charge in [-0.1, -0.05) is 6.92 Å². The minimum atomic E-state index is -0.813. The number of nitrogens with zero attached hydrogens (tertiary/aromatic N) is 1. The molecule has 0 amide bonds. The van der Waals surface area contributed by atoms with E-state index in [1.165, 1.54) is 0 Å². The summed E-state index contributed by atoms with van der Waals surface area (Å²) in [6.07, 6.45) is 3.98. The number of carboxylic acids is 1. The lowest BCUT2D eigenvalue weighted by Crippen LogP contribution is -2.48. The van der Waals surface area contributed by atoms with Crippen LogP contribution in [0.15, 0.2) is 0 Å². The average Bonchev–Trinajstić information content (AvgIpc) is 2.63. The molecule has 0 aromatic carbocycles. The van der Waals surface area contributed by atoms with E-state index in [4.69, 9.17) is 4.74 Å². The number of hydrogen-bond acceptors (Lipinski definition) is 4. The number of likely N-dealkylation sites (N-methyl/N-ethyl adjacent to an activating group) is 1. The van der Waals surface area contributed by atoms with Crippen molar-refractivity contribution in [2.24, 2.45) is 0 Å². The van der Waals surface area contributed by atoms with E-state index in [1.807, 2.05) is 0 Å². The van der Waals surface area contributed by atoms with Crippen LogP contribution in [-0.4, -0.2) is 60.9 Å². The molecule has 2 N–H and O–H groups in total. The highest BCUT2D eigenvalue weighted by Gasteiger charge is 2.30. The van der Waals surface area contributed by atoms with E-state index in [-0.39, 0.29) is 0 Å². The Labute approximate surface area is 116 Å². The maximum absolute atomic E-state index is 11.2. The van der Waals surface area contributed by atoms with Crippen LogP contribution in [-0.2, 0) is 9.53 Å². The van der Waals surface area contributed by atoms with Gasteiger partial charge in [0.25, 0.3) is 0 Å². The molecule has 1 aliphatic rings. The molecule has 0 aromatic rings. The Kier molecular flexibility index (Phi) is 6.75. The van der Waals surface area contributed by atoms with E-state index in [9.17, 15) is 9.90 Å². The summed E-state index contributed by atoms with van der Waals surface area (Å²) >= 11 is 0. The second-order valence-corrected chi connectivity index (χ2v) is 5.55. The molecule has 0 bridgehead atoms. The van der Waals surface area contributed by atoms with Crippen LogP contribution in [0.4, 0.5) is 0 Å². The van der Waals surface area contributed by atoms with Gasteiger partial charge < -0.3 is 20.1 Å². The molecule has 1 saturated heterocycles. The number of rotatable bonds is 7. The number of nitrogens with one attached hydrogen (secondary N) is 1. The zero-order valence-corrected chi connectivity index (χ0v) is 12.4. The van der Waals surface area contributed by atoms with Crippen molar-refractivity contribution in [2.75, 3.05) is 33.3 Å². The van der Waals surface area contributed by atoms with Gasteiger partial charge in [-0.05, 0) is 46.2 Å². The predicted octanol–water partition coefficient (Wildman–Crippen LogP) is 1.33. The van der Waals surface area contributed by atoms with Gasteiger partial charge in [-0.15, -0.1) is 0 Å². The first-order valence-corrected chi connectivity index (χ1v) is 7.28. The molecule has 1 aliphatic heterocycles. The normalized spacial score (nSPS) is 24.7. The molecule has 0 saturated carbocycles. The van der Waals surface area contributed by atoms with Crippen LogP contribution in [0.3, 0.4) is 0 Å². The number of hydrogen-bond donors (Lipinski definition) is 2. The summed E-state index contributed by atoms with van der Waals surface area (Å²) < 4.78 is 5.74. The van der Waals surface area contributed by atoms with Crippen molar-refractivity contribution >= 4 is 5.97 Å². The number of carbonyl (C=O) groups is 1. The van der Waals surface area contributed by atoms with Crippen LogP contribution in [0.2, 0.25) is 0 Å². The van der Waals surface area contributed by atoms with Gasteiger partial charge in [-0.25, -0.2) is 0 Å². The van der Waals surface area contributed by atoms with Crippen molar-refractivity contribution in [1.29, 1.82) is 0 Å². The molecule has 1 heterocycles. The summed E-state index contributed by atoms with van der Waals surface area (Å²) in [5.41, 5.74) is -0.813. The van der Waals surface area contributed by atoms with Crippen LogP contribution in [0.1, 0.15) is 39.5 Å². The van der Waals surface area contributed by atoms with Crippen molar-refractivity contribution in [1.82, 2.24) is 10.2 Å². The SMILES string of the molecule is CCC1CN(CCCC(C)(NC)C(=O)O)CCCO1. The number of carboxylic acid groups (broad SMARTS) is 1. The topological polar surface area (TPSA) is 61.8 Å². The molecule has 0 aliphatic carbocycles. The zero-order valence-electron chi connectivity index (χ0n) is 12.4. The molecule has 2 atom stereocenters. The van der Waals surface area contributed by atoms with E-state index in [0.29, 0.717) is 12.5 Å². The molecule has 1 fully saturated rings. The van der Waals surface area contributed by atoms with Gasteiger partial charge in [0, 0.05) is 19.7 Å². The Morgan fingerprint density at radius 2 is 2.32 bits per heavy atom. The zero-order chi connectivity index (χ0) is 14.3. The summed E-state index contributed by atoms with van der Waals surface area (Å²) in [5, 5.41) is 12.1. The molecular formula is C14H28N2O3. The third kappa shape index (κ3) is 5.09. The monoisotopic (exact) mass is 272 g/mol. The molecule has 2 unspecified atom stereocenters. The average molecular weight is 272 g/mol. The van der Waals surface area contributed by atoms with Gasteiger partial charge in [0.1, 0.15) is 5.54 Å². The molecule has 0 spiro atoms. The second-order valence-electron chi connectivity index (χ2n) is 5.55. The molecule has 5 nitrogen and oxygen atoms in total. The summed E-state index contributed by atoms with van der Waals surface area (Å²) in [6, 6.07) is 0. The lowest BCUT2D eigenvalue weighted by Gasteiger charge is -2.27. The molecule has 19 heavy (non-hydrogen) atoms. The minimum absolute atomic E-state index is 0.331. The highest BCUT2D eigenvalue weighted by Crippen LogP contribution is 2.14. The molecule has 5 heteroatoms. The van der Waals surface area contributed by atoms with Crippen molar-refractivity contribution < 1.29 is 14.6 Å². The Hall–Kier alpha value is -0.650. The first-order chi connectivity index (χ1) is 9.01. The van der Waals surface area contributed by atoms with Crippen molar-refractivity contribution in [3.05, 3.63) is 0 Å². The largest absolute Gasteiger partial charge is 0.480 e. The van der Waals surface area contributed by atoms with E-state index >= 15 is 0 Å². The highest BCUT2D eigenvalue weighted by molar-refractivity contribution is 5.78. The van der Waals surface area contributed by atoms with Crippen LogP contribution < -0.4 is 5.32 Å². The van der Waals surface area contributed by atoms with Gasteiger partial charge in [-0.3, -0.25) is 4.79 Å². The van der Waals surface area contributed by atoms with Crippen LogP contribution in [0, 0.1) is 0 Å². The van der Waals surface area contributed by atoms with Crippen LogP contribution in [0.5, 0.6) is 0 Å². The van der Waals surface area contributed by atoms with Gasteiger partial charge in [-0.2, -0.15) is 0 Å². The third-order valence-corrected chi connectivity index (χ3v) is 4.06. The smallest absolute Gasteiger partial charge is 0.323 e. The summed E-state index contributed by atoms with van der Waals surface area (Å²) in [5.74, 6) is -0.777. The van der Waals surface area contributed by atoms with Gasteiger partial charge in [0.15, 0.2) is 0 Å². The Morgan fingerprint density at radius 1 is 1.58 bits per heavy atom. The fourth-order valence-corrected chi connectivity index (χ4v) is 2.42. The molecule has 0 aromatic heterocycles. The van der Waals surface area contributed by atoms with E-state index < -0.39 is 11.5 Å². The number of aliphatic carboxylic acids is 1. The summed E-state index contributed by atoms with van der Waals surface area (Å²) in [6.45, 7) is 7.72. The quantitative estimate of drug-likeness (QED) is 0.732. The van der Waals surface area contributed by atoms with Crippen molar-refractivity contribution in [3.8, 4) is 0 Å². The first-order valence-electron chi connectivity index (χ1n) is 7.28. The van der Waals surface area contributed by atoms with Crippen molar-refractivity contribution in [3.63, 3.8) is 0 Å². The molecule has 0 radical (unpaired) electrons. The van der Waals surface area contributed by atoms with Gasteiger partial charge in [0.05, 0.1) is 6.10 Å². The van der Waals surface area contributed by atoms with Gasteiger partial charge in [0.2, 0.25) is 0 Å². The summed E-state index contributed by atoms with van der Waals surface area (Å²) in [7, 11) is 1.71. The van der Waals surface area contributed by atoms with Crippen LogP contribution >= 0.6 is 0 Å². The second kappa shape index (κ2) is 7.82. The molecule has 112 valence electrons. The van der Waals surface area contributed by atoms with E-state index in [2.05, 4.69) is 17.1 Å². The maximum Gasteiger partial charge on any atom is 0.323 e. The molecule has 1 rings (SSSR count). The Balaban J connectivity index is 2.36. The lowest BCUT2D eigenvalue weighted by atomic mass is 9.96. The highest BCUT2D eigenvalue weighted by atomic mass is 16.5. The van der Waals surface area contributed by atoms with E-state index in [0.717, 1.165) is 45.5 Å². The lowest BCUT2D eigenvalue weighted by molar-refractivity contribution is -0.144. The fraction of sp³-hybridized carbons (Fsp3) is 0.929. The Morgan fingerprint density at radius 3 is 2.89 bits per heavy atom. The van der Waals surface area contributed by atoms with Crippen molar-refractivity contribution in [2.45, 2.75) is 51.2 Å².